The topological polar surface area (TPSA) is 86.7 Å². The SMILES string of the molecule is O=[N+]([O-])c1c(Sc2ccccc2)ncnc1-n1cnc2ccccc21. The summed E-state index contributed by atoms with van der Waals surface area (Å²) in [7, 11) is 0. The van der Waals surface area contributed by atoms with Gasteiger partial charge < -0.3 is 0 Å². The number of nitrogens with zero attached hydrogens (tertiary/aromatic N) is 5. The Balaban J connectivity index is 1.89. The molecule has 0 saturated heterocycles. The zero-order valence-corrected chi connectivity index (χ0v) is 13.6. The van der Waals surface area contributed by atoms with E-state index in [0.29, 0.717) is 5.03 Å². The maximum atomic E-state index is 11.7. The monoisotopic (exact) mass is 349 g/mol. The molecule has 0 atom stereocenters. The summed E-state index contributed by atoms with van der Waals surface area (Å²) in [5, 5.41) is 12.0. The third kappa shape index (κ3) is 2.83. The number of imidazole rings is 1. The standard InChI is InChI=1S/C17H11N5O2S/c23-22(24)15-16(21-11-20-13-8-4-5-9-14(13)21)18-10-19-17(15)25-12-6-2-1-3-7-12/h1-11H. The molecule has 0 N–H and O–H groups in total. The van der Waals surface area contributed by atoms with Crippen molar-refractivity contribution in [2.45, 2.75) is 9.92 Å². The van der Waals surface area contributed by atoms with Crippen LogP contribution in [0.1, 0.15) is 0 Å². The lowest BCUT2D eigenvalue weighted by Crippen LogP contribution is -2.05. The molecule has 0 aliphatic rings. The number of aromatic nitrogens is 4. The van der Waals surface area contributed by atoms with Gasteiger partial charge in [-0.3, -0.25) is 14.7 Å². The molecule has 0 aliphatic carbocycles. The highest BCUT2D eigenvalue weighted by Crippen LogP contribution is 2.36. The van der Waals surface area contributed by atoms with Crippen LogP contribution >= 0.6 is 11.8 Å². The van der Waals surface area contributed by atoms with Gasteiger partial charge in [-0.1, -0.05) is 42.1 Å². The molecule has 0 spiro atoms. The summed E-state index contributed by atoms with van der Waals surface area (Å²) in [6.07, 6.45) is 2.87. The van der Waals surface area contributed by atoms with Crippen molar-refractivity contribution in [3.8, 4) is 5.82 Å². The van der Waals surface area contributed by atoms with Crippen molar-refractivity contribution in [1.82, 2.24) is 19.5 Å². The molecule has 0 saturated carbocycles. The van der Waals surface area contributed by atoms with Crippen LogP contribution in [0.3, 0.4) is 0 Å². The van der Waals surface area contributed by atoms with Crippen LogP contribution in [-0.2, 0) is 0 Å². The van der Waals surface area contributed by atoms with Gasteiger partial charge in [0, 0.05) is 4.90 Å². The minimum Gasteiger partial charge on any atom is -0.277 e. The van der Waals surface area contributed by atoms with Crippen LogP contribution < -0.4 is 0 Å². The molecular formula is C17H11N5O2S. The van der Waals surface area contributed by atoms with E-state index in [1.807, 2.05) is 54.6 Å². The molecule has 122 valence electrons. The van der Waals surface area contributed by atoms with Crippen molar-refractivity contribution in [2.75, 3.05) is 0 Å². The van der Waals surface area contributed by atoms with Crippen LogP contribution in [0.25, 0.3) is 16.9 Å². The largest absolute Gasteiger partial charge is 0.344 e. The van der Waals surface area contributed by atoms with Gasteiger partial charge in [-0.25, -0.2) is 15.0 Å². The molecular weight excluding hydrogens is 338 g/mol. The zero-order chi connectivity index (χ0) is 17.2. The summed E-state index contributed by atoms with van der Waals surface area (Å²) in [5.74, 6) is 0.201. The molecule has 0 fully saturated rings. The Hall–Kier alpha value is -3.26. The van der Waals surface area contributed by atoms with Crippen molar-refractivity contribution >= 4 is 28.5 Å². The fourth-order valence-corrected chi connectivity index (χ4v) is 3.37. The molecule has 0 bridgehead atoms. The quantitative estimate of drug-likeness (QED) is 0.316. The minimum absolute atomic E-state index is 0.139. The zero-order valence-electron chi connectivity index (χ0n) is 12.8. The maximum Gasteiger partial charge on any atom is 0.344 e. The smallest absolute Gasteiger partial charge is 0.277 e. The Bertz CT molecular complexity index is 1070. The van der Waals surface area contributed by atoms with Crippen LogP contribution in [-0.4, -0.2) is 24.4 Å². The first-order chi connectivity index (χ1) is 12.2. The Morgan fingerprint density at radius 3 is 2.52 bits per heavy atom. The molecule has 4 rings (SSSR count). The van der Waals surface area contributed by atoms with Crippen LogP contribution in [0.5, 0.6) is 0 Å². The Morgan fingerprint density at radius 2 is 1.72 bits per heavy atom. The second-order valence-electron chi connectivity index (χ2n) is 5.13. The van der Waals surface area contributed by atoms with E-state index in [1.165, 1.54) is 24.4 Å². The highest BCUT2D eigenvalue weighted by molar-refractivity contribution is 7.99. The van der Waals surface area contributed by atoms with Crippen LogP contribution in [0.4, 0.5) is 5.69 Å². The van der Waals surface area contributed by atoms with Crippen LogP contribution in [0, 0.1) is 10.1 Å². The lowest BCUT2D eigenvalue weighted by molar-refractivity contribution is -0.388. The average molecular weight is 349 g/mol. The van der Waals surface area contributed by atoms with Crippen molar-refractivity contribution in [1.29, 1.82) is 0 Å². The molecule has 2 heterocycles. The summed E-state index contributed by atoms with van der Waals surface area (Å²) < 4.78 is 1.62. The first-order valence-corrected chi connectivity index (χ1v) is 8.20. The van der Waals surface area contributed by atoms with Gasteiger partial charge in [-0.15, -0.1) is 0 Å². The molecule has 0 unspecified atom stereocenters. The summed E-state index contributed by atoms with van der Waals surface area (Å²) in [6, 6.07) is 16.8. The highest BCUT2D eigenvalue weighted by atomic mass is 32.2. The molecule has 7 nitrogen and oxygen atoms in total. The Kier molecular flexibility index (Phi) is 3.87. The van der Waals surface area contributed by atoms with Gasteiger partial charge in [0.2, 0.25) is 5.82 Å². The molecule has 8 heteroatoms. The van der Waals surface area contributed by atoms with E-state index in [1.54, 1.807) is 4.57 Å². The van der Waals surface area contributed by atoms with Gasteiger partial charge in [-0.05, 0) is 24.3 Å². The molecule has 2 aromatic heterocycles. The van der Waals surface area contributed by atoms with Gasteiger partial charge in [0.15, 0.2) is 5.03 Å². The molecule has 0 aliphatic heterocycles. The van der Waals surface area contributed by atoms with E-state index in [-0.39, 0.29) is 11.5 Å². The van der Waals surface area contributed by atoms with Crippen molar-refractivity contribution in [2.24, 2.45) is 0 Å². The van der Waals surface area contributed by atoms with Crippen LogP contribution in [0.2, 0.25) is 0 Å². The van der Waals surface area contributed by atoms with Gasteiger partial charge in [-0.2, -0.15) is 0 Å². The summed E-state index contributed by atoms with van der Waals surface area (Å²) in [4.78, 5) is 24.7. The third-order valence-corrected chi connectivity index (χ3v) is 4.59. The Morgan fingerprint density at radius 1 is 0.960 bits per heavy atom. The second kappa shape index (κ2) is 6.33. The number of rotatable bonds is 4. The number of benzene rings is 2. The number of hydrogen-bond donors (Lipinski definition) is 0. The predicted octanol–water partition coefficient (Wildman–Crippen LogP) is 3.87. The van der Waals surface area contributed by atoms with Gasteiger partial charge >= 0.3 is 5.69 Å². The summed E-state index contributed by atoms with van der Waals surface area (Å²) in [6.45, 7) is 0. The molecule has 4 aromatic rings. The minimum atomic E-state index is -0.449. The lowest BCUT2D eigenvalue weighted by Gasteiger charge is -2.07. The first kappa shape index (κ1) is 15.3. The lowest BCUT2D eigenvalue weighted by atomic mass is 10.3. The van der Waals surface area contributed by atoms with Crippen molar-refractivity contribution in [3.63, 3.8) is 0 Å². The molecule has 0 amide bonds. The normalized spacial score (nSPS) is 10.9. The number of fused-ring (bicyclic) bond motifs is 1. The molecule has 2 aromatic carbocycles. The molecule has 25 heavy (non-hydrogen) atoms. The fraction of sp³-hybridized carbons (Fsp3) is 0. The maximum absolute atomic E-state index is 11.7. The highest BCUT2D eigenvalue weighted by Gasteiger charge is 2.25. The average Bonchev–Trinajstić information content (AvgIpc) is 3.06. The second-order valence-corrected chi connectivity index (χ2v) is 6.19. The number of para-hydroxylation sites is 2. The summed E-state index contributed by atoms with van der Waals surface area (Å²) >= 11 is 1.23. The number of nitro groups is 1. The first-order valence-electron chi connectivity index (χ1n) is 7.39. The van der Waals surface area contributed by atoms with Gasteiger partial charge in [0.25, 0.3) is 0 Å². The van der Waals surface area contributed by atoms with E-state index in [9.17, 15) is 10.1 Å². The van der Waals surface area contributed by atoms with Gasteiger partial charge in [0.1, 0.15) is 12.7 Å². The van der Waals surface area contributed by atoms with Crippen molar-refractivity contribution in [3.05, 3.63) is 77.4 Å². The Labute approximate surface area is 146 Å². The number of hydrogen-bond acceptors (Lipinski definition) is 6. The summed E-state index contributed by atoms with van der Waals surface area (Å²) in [5.41, 5.74) is 1.35. The van der Waals surface area contributed by atoms with E-state index in [0.717, 1.165) is 15.9 Å². The van der Waals surface area contributed by atoms with Crippen LogP contribution in [0.15, 0.2) is 77.2 Å². The fourth-order valence-electron chi connectivity index (χ4n) is 2.49. The van der Waals surface area contributed by atoms with Gasteiger partial charge in [0.05, 0.1) is 16.0 Å². The third-order valence-electron chi connectivity index (χ3n) is 3.59. The van der Waals surface area contributed by atoms with E-state index in [2.05, 4.69) is 15.0 Å². The molecule has 0 radical (unpaired) electrons. The van der Waals surface area contributed by atoms with E-state index >= 15 is 0 Å². The predicted molar refractivity (Wildman–Crippen MR) is 93.9 cm³/mol. The van der Waals surface area contributed by atoms with E-state index in [4.69, 9.17) is 0 Å². The van der Waals surface area contributed by atoms with E-state index < -0.39 is 4.92 Å². The van der Waals surface area contributed by atoms with Crippen molar-refractivity contribution < 1.29 is 4.92 Å².